The van der Waals surface area contributed by atoms with Crippen molar-refractivity contribution in [2.75, 3.05) is 16.8 Å². The molecule has 6 nitrogen and oxygen atoms in total. The third-order valence-corrected chi connectivity index (χ3v) is 6.73. The zero-order valence-corrected chi connectivity index (χ0v) is 18.7. The minimum atomic E-state index is -1.11. The van der Waals surface area contributed by atoms with Crippen LogP contribution in [0.4, 0.5) is 11.4 Å². The highest BCUT2D eigenvalue weighted by molar-refractivity contribution is 6.62. The van der Waals surface area contributed by atoms with Crippen molar-refractivity contribution < 1.29 is 19.2 Å². The molecular formula is C23H29BN2O4. The molecule has 4 rings (SSSR count). The van der Waals surface area contributed by atoms with E-state index in [1.165, 1.54) is 4.90 Å². The largest absolute Gasteiger partial charge is 0.495 e. The van der Waals surface area contributed by atoms with Gasteiger partial charge in [-0.1, -0.05) is 24.3 Å². The Morgan fingerprint density at radius 3 is 2.23 bits per heavy atom. The third-order valence-electron chi connectivity index (χ3n) is 6.73. The number of carbonyl (C=O) groups is 1. The fraction of sp³-hybridized carbons (Fsp3) is 0.435. The number of carbonyl (C=O) groups excluding carboxylic acids is 1. The van der Waals surface area contributed by atoms with Crippen molar-refractivity contribution in [2.24, 2.45) is 0 Å². The van der Waals surface area contributed by atoms with Gasteiger partial charge in [0, 0.05) is 7.05 Å². The Bertz CT molecular complexity index is 1000. The SMILES string of the molecule is Cc1cccc2c1N(C)C(O)N(c1cccc(B3OC(C)(C)C(C)(C)O3)c1C)C2=O. The fourth-order valence-electron chi connectivity index (χ4n) is 4.18. The van der Waals surface area contributed by atoms with E-state index in [0.717, 1.165) is 22.3 Å². The zero-order chi connectivity index (χ0) is 22.0. The summed E-state index contributed by atoms with van der Waals surface area (Å²) < 4.78 is 12.4. The van der Waals surface area contributed by atoms with Crippen molar-refractivity contribution in [1.82, 2.24) is 0 Å². The number of hydrogen-bond acceptors (Lipinski definition) is 5. The van der Waals surface area contributed by atoms with Gasteiger partial charge in [-0.15, -0.1) is 0 Å². The molecule has 0 spiro atoms. The van der Waals surface area contributed by atoms with Crippen molar-refractivity contribution >= 4 is 29.9 Å². The number of hydrogen-bond donors (Lipinski definition) is 1. The average Bonchev–Trinajstić information content (AvgIpc) is 2.88. The second kappa shape index (κ2) is 6.84. The van der Waals surface area contributed by atoms with Crippen LogP contribution in [0.3, 0.4) is 0 Å². The number of nitrogens with zero attached hydrogens (tertiary/aromatic N) is 2. The minimum absolute atomic E-state index is 0.228. The van der Waals surface area contributed by atoms with Crippen LogP contribution in [0.1, 0.15) is 49.2 Å². The molecule has 30 heavy (non-hydrogen) atoms. The lowest BCUT2D eigenvalue weighted by molar-refractivity contribution is 0.00578. The normalized spacial score (nSPS) is 22.5. The molecule has 158 valence electrons. The first-order valence-corrected chi connectivity index (χ1v) is 10.3. The van der Waals surface area contributed by atoms with Crippen LogP contribution in [0, 0.1) is 13.8 Å². The van der Waals surface area contributed by atoms with Crippen molar-refractivity contribution in [3.05, 3.63) is 53.1 Å². The summed E-state index contributed by atoms with van der Waals surface area (Å²) in [5.41, 5.74) is 3.68. The van der Waals surface area contributed by atoms with Gasteiger partial charge < -0.3 is 19.3 Å². The second-order valence-corrected chi connectivity index (χ2v) is 9.18. The lowest BCUT2D eigenvalue weighted by Gasteiger charge is -2.42. The predicted molar refractivity (Wildman–Crippen MR) is 119 cm³/mol. The number of rotatable bonds is 2. The summed E-state index contributed by atoms with van der Waals surface area (Å²) in [6.07, 6.45) is -1.11. The van der Waals surface area contributed by atoms with Gasteiger partial charge in [-0.25, -0.2) is 0 Å². The number of para-hydroxylation sites is 1. The minimum Gasteiger partial charge on any atom is -0.399 e. The number of aliphatic hydroxyl groups is 1. The molecule has 1 atom stereocenters. The van der Waals surface area contributed by atoms with Gasteiger partial charge in [0.1, 0.15) is 0 Å². The van der Waals surface area contributed by atoms with Crippen molar-refractivity contribution in [2.45, 2.75) is 59.1 Å². The lowest BCUT2D eigenvalue weighted by atomic mass is 9.75. The molecule has 0 bridgehead atoms. The molecule has 1 N–H and O–H groups in total. The van der Waals surface area contributed by atoms with E-state index in [-0.39, 0.29) is 5.91 Å². The summed E-state index contributed by atoms with van der Waals surface area (Å²) in [6, 6.07) is 11.3. The summed E-state index contributed by atoms with van der Waals surface area (Å²) >= 11 is 0. The highest BCUT2D eigenvalue weighted by Gasteiger charge is 2.52. The van der Waals surface area contributed by atoms with Crippen LogP contribution in [0.15, 0.2) is 36.4 Å². The van der Waals surface area contributed by atoms with E-state index < -0.39 is 24.7 Å². The van der Waals surface area contributed by atoms with Crippen LogP contribution < -0.4 is 15.3 Å². The number of aliphatic hydroxyl groups excluding tert-OH is 1. The van der Waals surface area contributed by atoms with Gasteiger partial charge in [-0.3, -0.25) is 9.69 Å². The summed E-state index contributed by atoms with van der Waals surface area (Å²) in [4.78, 5) is 16.6. The molecule has 1 amide bonds. The molecule has 1 saturated heterocycles. The molecule has 0 saturated carbocycles. The van der Waals surface area contributed by atoms with Gasteiger partial charge >= 0.3 is 7.12 Å². The summed E-state index contributed by atoms with van der Waals surface area (Å²) in [7, 11) is 1.25. The van der Waals surface area contributed by atoms with Gasteiger partial charge in [0.25, 0.3) is 5.91 Å². The van der Waals surface area contributed by atoms with Crippen LogP contribution in [-0.2, 0) is 9.31 Å². The Labute approximate surface area is 178 Å². The third kappa shape index (κ3) is 2.95. The molecule has 2 aromatic rings. The molecular weight excluding hydrogens is 379 g/mol. The van der Waals surface area contributed by atoms with Gasteiger partial charge in [0.15, 0.2) is 0 Å². The number of anilines is 2. The monoisotopic (exact) mass is 408 g/mol. The molecule has 1 fully saturated rings. The molecule has 2 aromatic carbocycles. The number of aryl methyl sites for hydroxylation is 1. The second-order valence-electron chi connectivity index (χ2n) is 9.18. The molecule has 2 aliphatic rings. The maximum atomic E-state index is 13.4. The Balaban J connectivity index is 1.77. The first kappa shape index (κ1) is 20.9. The van der Waals surface area contributed by atoms with E-state index in [0.29, 0.717) is 11.3 Å². The van der Waals surface area contributed by atoms with E-state index >= 15 is 0 Å². The van der Waals surface area contributed by atoms with Gasteiger partial charge in [-0.05, 0) is 70.3 Å². The van der Waals surface area contributed by atoms with Crippen LogP contribution >= 0.6 is 0 Å². The maximum absolute atomic E-state index is 13.4. The van der Waals surface area contributed by atoms with E-state index in [1.54, 1.807) is 18.0 Å². The number of fused-ring (bicyclic) bond motifs is 1. The highest BCUT2D eigenvalue weighted by atomic mass is 16.7. The first-order chi connectivity index (χ1) is 14.0. The summed E-state index contributed by atoms with van der Waals surface area (Å²) in [6.45, 7) is 11.9. The van der Waals surface area contributed by atoms with Crippen LogP contribution in [0.5, 0.6) is 0 Å². The highest BCUT2D eigenvalue weighted by Crippen LogP contribution is 2.38. The Kier molecular flexibility index (Phi) is 4.77. The van der Waals surface area contributed by atoms with Crippen LogP contribution in [0.25, 0.3) is 0 Å². The molecule has 2 aliphatic heterocycles. The Morgan fingerprint density at radius 1 is 1.00 bits per heavy atom. The van der Waals surface area contributed by atoms with E-state index in [1.807, 2.05) is 71.9 Å². The molecule has 7 heteroatoms. The van der Waals surface area contributed by atoms with Crippen LogP contribution in [-0.4, -0.2) is 42.7 Å². The van der Waals surface area contributed by atoms with Crippen molar-refractivity contribution in [1.29, 1.82) is 0 Å². The van der Waals surface area contributed by atoms with E-state index in [9.17, 15) is 9.90 Å². The van der Waals surface area contributed by atoms with Crippen molar-refractivity contribution in [3.63, 3.8) is 0 Å². The quantitative estimate of drug-likeness (QED) is 0.775. The molecule has 1 unspecified atom stereocenters. The summed E-state index contributed by atoms with van der Waals surface area (Å²) in [5, 5.41) is 11.0. The average molecular weight is 408 g/mol. The molecule has 2 heterocycles. The van der Waals surface area contributed by atoms with E-state index in [2.05, 4.69) is 0 Å². The van der Waals surface area contributed by atoms with Gasteiger partial charge in [-0.2, -0.15) is 0 Å². The lowest BCUT2D eigenvalue weighted by Crippen LogP contribution is -2.55. The first-order valence-electron chi connectivity index (χ1n) is 10.3. The van der Waals surface area contributed by atoms with Gasteiger partial charge in [0.05, 0.1) is 28.1 Å². The Hall–Kier alpha value is -2.35. The standard InChI is InChI=1S/C23H29BN2O4/c1-14-10-8-11-16-19(14)25(7)21(28)26(20(16)27)18-13-9-12-17(15(18)2)24-29-22(3,4)23(5,6)30-24/h8-13,21,28H,1-7H3. The van der Waals surface area contributed by atoms with E-state index in [4.69, 9.17) is 9.31 Å². The predicted octanol–water partition coefficient (Wildman–Crippen LogP) is 2.98. The number of amides is 1. The molecule has 0 aromatic heterocycles. The van der Waals surface area contributed by atoms with Crippen LogP contribution in [0.2, 0.25) is 0 Å². The maximum Gasteiger partial charge on any atom is 0.495 e. The molecule has 0 radical (unpaired) electrons. The van der Waals surface area contributed by atoms with Gasteiger partial charge in [0.2, 0.25) is 6.35 Å². The zero-order valence-electron chi connectivity index (χ0n) is 18.7. The smallest absolute Gasteiger partial charge is 0.399 e. The molecule has 0 aliphatic carbocycles. The number of benzene rings is 2. The Morgan fingerprint density at radius 2 is 1.60 bits per heavy atom. The van der Waals surface area contributed by atoms with Crippen molar-refractivity contribution in [3.8, 4) is 0 Å². The fourth-order valence-corrected chi connectivity index (χ4v) is 4.18. The summed E-state index contributed by atoms with van der Waals surface area (Å²) in [5.74, 6) is -0.228. The topological polar surface area (TPSA) is 62.2 Å².